The van der Waals surface area contributed by atoms with Crippen molar-refractivity contribution in [2.24, 2.45) is 11.8 Å². The molecular weight excluding hydrogens is 336 g/mol. The molecule has 2 aliphatic carbocycles. The molecule has 1 saturated carbocycles. The van der Waals surface area contributed by atoms with Crippen molar-refractivity contribution >= 4 is 11.6 Å². The minimum atomic E-state index is -0.330. The van der Waals surface area contributed by atoms with E-state index in [9.17, 15) is 0 Å². The lowest BCUT2D eigenvalue weighted by Gasteiger charge is -2.43. The van der Waals surface area contributed by atoms with Crippen molar-refractivity contribution in [2.45, 2.75) is 37.3 Å². The number of hydrogen-bond acceptors (Lipinski definition) is 4. The summed E-state index contributed by atoms with van der Waals surface area (Å²) in [6.07, 6.45) is 9.22. The average Bonchev–Trinajstić information content (AvgIpc) is 3.26. The first kappa shape index (κ1) is 17.3. The molecule has 2 bridgehead atoms. The van der Waals surface area contributed by atoms with E-state index in [2.05, 4.69) is 22.6 Å². The number of rotatable bonds is 5. The largest absolute Gasteiger partial charge is 0.496 e. The van der Waals surface area contributed by atoms with E-state index in [1.54, 1.807) is 14.2 Å². The zero-order chi connectivity index (χ0) is 17.4. The molecule has 0 aromatic heterocycles. The van der Waals surface area contributed by atoms with E-state index in [1.165, 1.54) is 12.8 Å². The Labute approximate surface area is 155 Å². The van der Waals surface area contributed by atoms with Gasteiger partial charge in [0, 0.05) is 36.8 Å². The van der Waals surface area contributed by atoms with Crippen LogP contribution >= 0.6 is 11.6 Å². The molecule has 1 N–H and O–H groups in total. The second kappa shape index (κ2) is 6.92. The smallest absolute Gasteiger partial charge is 0.125 e. The third-order valence-corrected chi connectivity index (χ3v) is 6.48. The Kier molecular flexibility index (Phi) is 4.80. The topological polar surface area (TPSA) is 33.7 Å². The Morgan fingerprint density at radius 1 is 1.16 bits per heavy atom. The van der Waals surface area contributed by atoms with Crippen molar-refractivity contribution in [1.82, 2.24) is 10.4 Å². The number of nitrogens with one attached hydrogen (secondary N) is 1. The van der Waals surface area contributed by atoms with Crippen LogP contribution in [0.5, 0.6) is 5.75 Å². The van der Waals surface area contributed by atoms with Crippen molar-refractivity contribution in [3.05, 3.63) is 40.9 Å². The third kappa shape index (κ3) is 3.21. The minimum Gasteiger partial charge on any atom is -0.496 e. The van der Waals surface area contributed by atoms with Gasteiger partial charge in [-0.25, -0.2) is 5.01 Å². The number of allylic oxidation sites excluding steroid dienone is 1. The van der Waals surface area contributed by atoms with Gasteiger partial charge in [-0.2, -0.15) is 0 Å². The number of ether oxygens (including phenoxy) is 2. The minimum absolute atomic E-state index is 0.330. The molecule has 25 heavy (non-hydrogen) atoms. The molecule has 1 aliphatic heterocycles. The summed E-state index contributed by atoms with van der Waals surface area (Å²) in [7, 11) is 3.50. The Morgan fingerprint density at radius 2 is 1.96 bits per heavy atom. The van der Waals surface area contributed by atoms with Gasteiger partial charge in [0.2, 0.25) is 0 Å². The molecule has 0 unspecified atom stereocenters. The summed E-state index contributed by atoms with van der Waals surface area (Å²) >= 11 is 6.25. The number of nitrogens with zero attached hydrogens (tertiary/aromatic N) is 1. The van der Waals surface area contributed by atoms with Crippen LogP contribution in [0, 0.1) is 11.8 Å². The van der Waals surface area contributed by atoms with Gasteiger partial charge in [0.1, 0.15) is 5.75 Å². The van der Waals surface area contributed by atoms with Crippen molar-refractivity contribution in [3.8, 4) is 5.75 Å². The normalized spacial score (nSPS) is 30.8. The number of benzene rings is 1. The fourth-order valence-electron chi connectivity index (χ4n) is 4.78. The van der Waals surface area contributed by atoms with Gasteiger partial charge in [-0.1, -0.05) is 23.8 Å². The van der Waals surface area contributed by atoms with E-state index in [-0.39, 0.29) is 5.60 Å². The summed E-state index contributed by atoms with van der Waals surface area (Å²) in [4.78, 5) is 0. The molecule has 4 nitrogen and oxygen atoms in total. The summed E-state index contributed by atoms with van der Waals surface area (Å²) in [6, 6.07) is 6.40. The predicted octanol–water partition coefficient (Wildman–Crippen LogP) is 3.76. The molecule has 0 spiro atoms. The van der Waals surface area contributed by atoms with E-state index in [0.717, 1.165) is 48.2 Å². The molecule has 0 amide bonds. The van der Waals surface area contributed by atoms with Crippen molar-refractivity contribution < 1.29 is 9.47 Å². The summed E-state index contributed by atoms with van der Waals surface area (Å²) in [6.45, 7) is 1.92. The molecule has 1 aromatic carbocycles. The molecule has 3 aliphatic rings. The van der Waals surface area contributed by atoms with Crippen LogP contribution in [-0.2, 0) is 10.3 Å². The number of methoxy groups -OCH3 is 2. The van der Waals surface area contributed by atoms with Gasteiger partial charge >= 0.3 is 0 Å². The highest BCUT2D eigenvalue weighted by Gasteiger charge is 2.41. The van der Waals surface area contributed by atoms with E-state index in [4.69, 9.17) is 21.1 Å². The van der Waals surface area contributed by atoms with Crippen LogP contribution in [-0.4, -0.2) is 38.4 Å². The maximum Gasteiger partial charge on any atom is 0.125 e. The Morgan fingerprint density at radius 3 is 2.56 bits per heavy atom. The van der Waals surface area contributed by atoms with Gasteiger partial charge in [0.05, 0.1) is 12.7 Å². The number of piperidine rings is 1. The second-order valence-electron chi connectivity index (χ2n) is 7.55. The summed E-state index contributed by atoms with van der Waals surface area (Å²) in [5.41, 5.74) is 4.50. The predicted molar refractivity (Wildman–Crippen MR) is 99.8 cm³/mol. The molecule has 4 rings (SSSR count). The molecule has 0 radical (unpaired) electrons. The molecular formula is C20H27ClN2O2. The van der Waals surface area contributed by atoms with Gasteiger partial charge in [-0.15, -0.1) is 0 Å². The lowest BCUT2D eigenvalue weighted by atomic mass is 9.84. The highest BCUT2D eigenvalue weighted by Crippen LogP contribution is 2.43. The van der Waals surface area contributed by atoms with Gasteiger partial charge in [-0.05, 0) is 55.7 Å². The molecule has 136 valence electrons. The number of hydrazine groups is 1. The average molecular weight is 363 g/mol. The van der Waals surface area contributed by atoms with Crippen molar-refractivity contribution in [3.63, 3.8) is 0 Å². The Bertz CT molecular complexity index is 655. The summed E-state index contributed by atoms with van der Waals surface area (Å²) in [5, 5.41) is 3.11. The molecule has 1 heterocycles. The Hall–Kier alpha value is -1.07. The lowest BCUT2D eigenvalue weighted by molar-refractivity contribution is -0.0756. The molecule has 1 aromatic rings. The van der Waals surface area contributed by atoms with Crippen LogP contribution in [0.25, 0.3) is 0 Å². The van der Waals surface area contributed by atoms with E-state index in [1.807, 2.05) is 18.2 Å². The van der Waals surface area contributed by atoms with E-state index < -0.39 is 0 Å². The highest BCUT2D eigenvalue weighted by molar-refractivity contribution is 6.30. The number of hydrogen-bond donors (Lipinski definition) is 1. The third-order valence-electron chi connectivity index (χ3n) is 6.24. The zero-order valence-corrected chi connectivity index (χ0v) is 15.8. The van der Waals surface area contributed by atoms with Crippen molar-refractivity contribution in [2.75, 3.05) is 27.3 Å². The molecule has 1 saturated heterocycles. The van der Waals surface area contributed by atoms with Crippen LogP contribution in [0.4, 0.5) is 0 Å². The fraction of sp³-hybridized carbons (Fsp3) is 0.600. The first-order valence-electron chi connectivity index (χ1n) is 9.22. The maximum absolute atomic E-state index is 6.25. The second-order valence-corrected chi connectivity index (χ2v) is 7.98. The Balaban J connectivity index is 1.45. The monoisotopic (exact) mass is 362 g/mol. The standard InChI is InChI=1S/C20H27ClN2O2/c1-24-19-6-5-16(21)13-17(19)20(25-2)7-9-23(10-8-20)22-18-12-14-3-4-15(18)11-14/h3-6,13-15,18,22H,7-12H2,1-2H3/t14-,15-,18-/m0/s1. The van der Waals surface area contributed by atoms with Crippen LogP contribution < -0.4 is 10.2 Å². The first-order chi connectivity index (χ1) is 12.1. The SMILES string of the molecule is COc1ccc(Cl)cc1C1(OC)CCN(N[C@H]2C[C@H]3C=C[C@H]2C3)CC1. The van der Waals surface area contributed by atoms with Crippen molar-refractivity contribution in [1.29, 1.82) is 0 Å². The van der Waals surface area contributed by atoms with E-state index >= 15 is 0 Å². The van der Waals surface area contributed by atoms with Crippen LogP contribution in [0.1, 0.15) is 31.2 Å². The molecule has 3 atom stereocenters. The van der Waals surface area contributed by atoms with E-state index in [0.29, 0.717) is 12.0 Å². The van der Waals surface area contributed by atoms with Crippen LogP contribution in [0.15, 0.2) is 30.4 Å². The van der Waals surface area contributed by atoms with Gasteiger partial charge < -0.3 is 9.47 Å². The van der Waals surface area contributed by atoms with Gasteiger partial charge in [0.15, 0.2) is 0 Å². The van der Waals surface area contributed by atoms with Crippen LogP contribution in [0.3, 0.4) is 0 Å². The zero-order valence-electron chi connectivity index (χ0n) is 15.0. The number of halogens is 1. The molecule has 2 fully saturated rings. The van der Waals surface area contributed by atoms with Gasteiger partial charge in [-0.3, -0.25) is 5.43 Å². The van der Waals surface area contributed by atoms with Crippen LogP contribution in [0.2, 0.25) is 5.02 Å². The van der Waals surface area contributed by atoms with Gasteiger partial charge in [0.25, 0.3) is 0 Å². The fourth-order valence-corrected chi connectivity index (χ4v) is 4.95. The summed E-state index contributed by atoms with van der Waals surface area (Å²) in [5.74, 6) is 2.36. The first-order valence-corrected chi connectivity index (χ1v) is 9.60. The maximum atomic E-state index is 6.25. The molecule has 5 heteroatoms. The lowest BCUT2D eigenvalue weighted by Crippen LogP contribution is -2.53. The summed E-state index contributed by atoms with van der Waals surface area (Å²) < 4.78 is 11.6. The quantitative estimate of drug-likeness (QED) is 0.809. The number of fused-ring (bicyclic) bond motifs is 2. The highest BCUT2D eigenvalue weighted by atomic mass is 35.5.